The molecule has 0 radical (unpaired) electrons. The van der Waals surface area contributed by atoms with Crippen molar-refractivity contribution in [2.24, 2.45) is 0 Å². The molecular formula is C57H34N4. The molecule has 1 aliphatic rings. The van der Waals surface area contributed by atoms with Gasteiger partial charge in [-0.2, -0.15) is 10.5 Å². The van der Waals surface area contributed by atoms with Crippen LogP contribution >= 0.6 is 0 Å². The van der Waals surface area contributed by atoms with E-state index in [2.05, 4.69) is 203 Å². The van der Waals surface area contributed by atoms with Crippen LogP contribution in [-0.4, -0.2) is 9.13 Å². The Morgan fingerprint density at radius 2 is 0.820 bits per heavy atom. The fourth-order valence-electron chi connectivity index (χ4n) is 10.2. The SMILES string of the molecule is N#Cc1ccc(C2(c3ccc(C#N)cc3)c3ccccc3-c3ccc(-n4c5ccccc5c5cc(-c6ccc7c(c6)c6ccccc6n7-c6ccccc6)ccc54)cc32)cc1. The Labute approximate surface area is 352 Å². The van der Waals surface area contributed by atoms with Crippen molar-refractivity contribution in [3.63, 3.8) is 0 Å². The van der Waals surface area contributed by atoms with Crippen LogP contribution in [0.15, 0.2) is 206 Å². The first-order valence-corrected chi connectivity index (χ1v) is 20.5. The number of fused-ring (bicyclic) bond motifs is 9. The predicted molar refractivity (Wildman–Crippen MR) is 247 cm³/mol. The third-order valence-corrected chi connectivity index (χ3v) is 12.9. The van der Waals surface area contributed by atoms with Gasteiger partial charge in [-0.3, -0.25) is 0 Å². The van der Waals surface area contributed by atoms with E-state index in [0.717, 1.165) is 39.1 Å². The highest BCUT2D eigenvalue weighted by Gasteiger charge is 2.46. The summed E-state index contributed by atoms with van der Waals surface area (Å²) in [4.78, 5) is 0. The Bertz CT molecular complexity index is 3590. The molecule has 1 aliphatic carbocycles. The molecule has 12 rings (SSSR count). The number of para-hydroxylation sites is 3. The Kier molecular flexibility index (Phi) is 7.54. The first kappa shape index (κ1) is 34.6. The van der Waals surface area contributed by atoms with Crippen molar-refractivity contribution in [1.29, 1.82) is 10.5 Å². The van der Waals surface area contributed by atoms with E-state index in [1.54, 1.807) is 0 Å². The minimum atomic E-state index is -0.696. The zero-order valence-electron chi connectivity index (χ0n) is 32.9. The molecule has 0 aliphatic heterocycles. The van der Waals surface area contributed by atoms with E-state index in [9.17, 15) is 10.5 Å². The Morgan fingerprint density at radius 1 is 0.344 bits per heavy atom. The minimum absolute atomic E-state index is 0.613. The number of benzene rings is 9. The molecule has 0 unspecified atom stereocenters. The molecule has 0 spiro atoms. The molecule has 0 bridgehead atoms. The first-order chi connectivity index (χ1) is 30.1. The normalized spacial score (nSPS) is 12.7. The van der Waals surface area contributed by atoms with Crippen LogP contribution in [0.2, 0.25) is 0 Å². The van der Waals surface area contributed by atoms with E-state index in [4.69, 9.17) is 0 Å². The number of hydrogen-bond acceptors (Lipinski definition) is 2. The molecule has 2 aromatic heterocycles. The quantitative estimate of drug-likeness (QED) is 0.175. The summed E-state index contributed by atoms with van der Waals surface area (Å²) in [6.07, 6.45) is 0. The minimum Gasteiger partial charge on any atom is -0.309 e. The molecule has 4 nitrogen and oxygen atoms in total. The van der Waals surface area contributed by atoms with Crippen molar-refractivity contribution in [2.75, 3.05) is 0 Å². The lowest BCUT2D eigenvalue weighted by atomic mass is 9.67. The topological polar surface area (TPSA) is 57.4 Å². The van der Waals surface area contributed by atoms with Crippen molar-refractivity contribution in [3.05, 3.63) is 240 Å². The Morgan fingerprint density at radius 3 is 1.39 bits per heavy atom. The smallest absolute Gasteiger partial charge is 0.0991 e. The average Bonchev–Trinajstić information content (AvgIpc) is 3.95. The molecule has 0 fully saturated rings. The second-order valence-electron chi connectivity index (χ2n) is 15.9. The van der Waals surface area contributed by atoms with Crippen LogP contribution in [0.4, 0.5) is 0 Å². The summed E-state index contributed by atoms with van der Waals surface area (Å²) in [5.41, 5.74) is 16.5. The highest BCUT2D eigenvalue weighted by Crippen LogP contribution is 2.56. The van der Waals surface area contributed by atoms with Crippen molar-refractivity contribution in [2.45, 2.75) is 5.41 Å². The second kappa shape index (κ2) is 13.3. The molecule has 9 aromatic carbocycles. The average molecular weight is 775 g/mol. The summed E-state index contributed by atoms with van der Waals surface area (Å²) in [6, 6.07) is 77.9. The number of nitrogens with zero attached hydrogens (tertiary/aromatic N) is 4. The molecule has 0 amide bonds. The van der Waals surface area contributed by atoms with Crippen LogP contribution in [0.1, 0.15) is 33.4 Å². The van der Waals surface area contributed by atoms with Gasteiger partial charge in [0, 0.05) is 32.9 Å². The molecule has 2 heterocycles. The van der Waals surface area contributed by atoms with Crippen LogP contribution in [0.5, 0.6) is 0 Å². The van der Waals surface area contributed by atoms with Gasteiger partial charge in [0.15, 0.2) is 0 Å². The fraction of sp³-hybridized carbons (Fsp3) is 0.0175. The second-order valence-corrected chi connectivity index (χ2v) is 15.9. The lowest BCUT2D eigenvalue weighted by Gasteiger charge is -2.34. The summed E-state index contributed by atoms with van der Waals surface area (Å²) in [5.74, 6) is 0. The Hall–Kier alpha value is -8.44. The van der Waals surface area contributed by atoms with Crippen molar-refractivity contribution < 1.29 is 0 Å². The molecule has 0 saturated heterocycles. The van der Waals surface area contributed by atoms with E-state index in [1.807, 2.05) is 24.3 Å². The number of nitriles is 2. The van der Waals surface area contributed by atoms with Gasteiger partial charge in [0.2, 0.25) is 0 Å². The number of rotatable bonds is 5. The van der Waals surface area contributed by atoms with Gasteiger partial charge in [0.1, 0.15) is 0 Å². The summed E-state index contributed by atoms with van der Waals surface area (Å²) in [5, 5.41) is 24.4. The molecule has 282 valence electrons. The van der Waals surface area contributed by atoms with Gasteiger partial charge in [-0.05, 0) is 129 Å². The molecule has 0 atom stereocenters. The van der Waals surface area contributed by atoms with Crippen LogP contribution in [0, 0.1) is 22.7 Å². The van der Waals surface area contributed by atoms with Crippen LogP contribution in [0.25, 0.3) is 77.2 Å². The van der Waals surface area contributed by atoms with Crippen LogP contribution in [0.3, 0.4) is 0 Å². The zero-order valence-corrected chi connectivity index (χ0v) is 32.9. The third kappa shape index (κ3) is 4.97. The molecule has 11 aromatic rings. The Balaban J connectivity index is 1.06. The lowest BCUT2D eigenvalue weighted by Crippen LogP contribution is -2.28. The van der Waals surface area contributed by atoms with Gasteiger partial charge in [-0.25, -0.2) is 0 Å². The fourth-order valence-corrected chi connectivity index (χ4v) is 10.2. The summed E-state index contributed by atoms with van der Waals surface area (Å²) < 4.78 is 4.76. The van der Waals surface area contributed by atoms with Gasteiger partial charge in [-0.15, -0.1) is 0 Å². The van der Waals surface area contributed by atoms with Crippen molar-refractivity contribution in [1.82, 2.24) is 9.13 Å². The lowest BCUT2D eigenvalue weighted by molar-refractivity contribution is 0.767. The number of aromatic nitrogens is 2. The van der Waals surface area contributed by atoms with E-state index < -0.39 is 5.41 Å². The maximum atomic E-state index is 9.78. The highest BCUT2D eigenvalue weighted by atomic mass is 15.0. The monoisotopic (exact) mass is 774 g/mol. The highest BCUT2D eigenvalue weighted by molar-refractivity contribution is 6.12. The van der Waals surface area contributed by atoms with Crippen LogP contribution in [-0.2, 0) is 5.41 Å². The molecule has 0 N–H and O–H groups in total. The van der Waals surface area contributed by atoms with Gasteiger partial charge in [0.05, 0.1) is 50.7 Å². The van der Waals surface area contributed by atoms with Gasteiger partial charge < -0.3 is 9.13 Å². The van der Waals surface area contributed by atoms with E-state index >= 15 is 0 Å². The van der Waals surface area contributed by atoms with Crippen LogP contribution < -0.4 is 0 Å². The van der Waals surface area contributed by atoms with Crippen molar-refractivity contribution in [3.8, 4) is 45.8 Å². The van der Waals surface area contributed by atoms with Gasteiger partial charge >= 0.3 is 0 Å². The molecule has 0 saturated carbocycles. The van der Waals surface area contributed by atoms with E-state index in [1.165, 1.54) is 60.4 Å². The number of hydrogen-bond donors (Lipinski definition) is 0. The summed E-state index contributed by atoms with van der Waals surface area (Å²) in [6.45, 7) is 0. The first-order valence-electron chi connectivity index (χ1n) is 20.5. The standard InChI is InChI=1S/C57H34N4/c58-35-37-18-24-41(25-19-37)57(42-26-20-38(36-59)21-27-42)51-15-7-4-12-45(51)46-29-28-44(34-52(46)57)61-54-17-9-6-14-48(54)50-33-40(23-31-56(50)61)39-22-30-55-49(32-39)47-13-5-8-16-53(47)60(55)43-10-2-1-3-11-43/h1-34H. The largest absolute Gasteiger partial charge is 0.309 e. The summed E-state index contributed by atoms with van der Waals surface area (Å²) in [7, 11) is 0. The molecular weight excluding hydrogens is 741 g/mol. The zero-order chi connectivity index (χ0) is 40.7. The maximum Gasteiger partial charge on any atom is 0.0991 e. The van der Waals surface area contributed by atoms with Crippen molar-refractivity contribution >= 4 is 43.6 Å². The third-order valence-electron chi connectivity index (χ3n) is 12.9. The summed E-state index contributed by atoms with van der Waals surface area (Å²) >= 11 is 0. The molecule has 61 heavy (non-hydrogen) atoms. The van der Waals surface area contributed by atoms with E-state index in [0.29, 0.717) is 11.1 Å². The maximum absolute atomic E-state index is 9.78. The van der Waals surface area contributed by atoms with Gasteiger partial charge in [-0.1, -0.05) is 121 Å². The van der Waals surface area contributed by atoms with E-state index in [-0.39, 0.29) is 0 Å². The van der Waals surface area contributed by atoms with Gasteiger partial charge in [0.25, 0.3) is 0 Å². The molecule has 4 heteroatoms. The predicted octanol–water partition coefficient (Wildman–Crippen LogP) is 13.7.